The standard InChI is InChI=1S/C15H19FN4/c1-3-8-17-15-10-18-12(9-19-15)11-20(2)14-7-5-4-6-13(14)16/h4-7,9-10H,3,8,11H2,1-2H3,(H,17,19). The highest BCUT2D eigenvalue weighted by Gasteiger charge is 2.08. The van der Waals surface area contributed by atoms with E-state index < -0.39 is 0 Å². The monoisotopic (exact) mass is 274 g/mol. The molecule has 1 aromatic heterocycles. The van der Waals surface area contributed by atoms with Gasteiger partial charge in [-0.05, 0) is 18.6 Å². The highest BCUT2D eigenvalue weighted by Crippen LogP contribution is 2.18. The number of nitrogens with one attached hydrogen (secondary N) is 1. The zero-order chi connectivity index (χ0) is 14.4. The molecule has 0 radical (unpaired) electrons. The fourth-order valence-electron chi connectivity index (χ4n) is 1.87. The van der Waals surface area contributed by atoms with Gasteiger partial charge in [-0.25, -0.2) is 9.37 Å². The molecule has 1 N–H and O–H groups in total. The number of halogens is 1. The summed E-state index contributed by atoms with van der Waals surface area (Å²) >= 11 is 0. The Morgan fingerprint density at radius 2 is 2.00 bits per heavy atom. The molecule has 0 aliphatic carbocycles. The molecule has 0 aliphatic heterocycles. The number of anilines is 2. The second-order valence-electron chi connectivity index (χ2n) is 4.63. The van der Waals surface area contributed by atoms with Gasteiger partial charge in [0, 0.05) is 13.6 Å². The van der Waals surface area contributed by atoms with Gasteiger partial charge >= 0.3 is 0 Å². The molecule has 4 nitrogen and oxygen atoms in total. The van der Waals surface area contributed by atoms with Crippen LogP contribution >= 0.6 is 0 Å². The summed E-state index contributed by atoms with van der Waals surface area (Å²) in [6.45, 7) is 3.49. The van der Waals surface area contributed by atoms with Gasteiger partial charge in [-0.1, -0.05) is 19.1 Å². The van der Waals surface area contributed by atoms with Crippen LogP contribution < -0.4 is 10.2 Å². The van der Waals surface area contributed by atoms with Crippen molar-refractivity contribution in [2.75, 3.05) is 23.8 Å². The van der Waals surface area contributed by atoms with Crippen LogP contribution in [0.4, 0.5) is 15.9 Å². The van der Waals surface area contributed by atoms with E-state index in [1.165, 1.54) is 6.07 Å². The molecule has 0 bridgehead atoms. The average Bonchev–Trinajstić information content (AvgIpc) is 2.47. The van der Waals surface area contributed by atoms with E-state index in [2.05, 4.69) is 22.2 Å². The van der Waals surface area contributed by atoms with E-state index in [0.717, 1.165) is 24.5 Å². The summed E-state index contributed by atoms with van der Waals surface area (Å²) in [4.78, 5) is 10.4. The second-order valence-corrected chi connectivity index (χ2v) is 4.63. The van der Waals surface area contributed by atoms with Crippen LogP contribution in [-0.2, 0) is 6.54 Å². The number of nitrogens with zero attached hydrogens (tertiary/aromatic N) is 3. The lowest BCUT2D eigenvalue weighted by Gasteiger charge is -2.19. The van der Waals surface area contributed by atoms with Crippen molar-refractivity contribution in [2.24, 2.45) is 0 Å². The van der Waals surface area contributed by atoms with Gasteiger partial charge in [-0.2, -0.15) is 0 Å². The van der Waals surface area contributed by atoms with Crippen molar-refractivity contribution in [3.63, 3.8) is 0 Å². The number of para-hydroxylation sites is 1. The minimum absolute atomic E-state index is 0.232. The summed E-state index contributed by atoms with van der Waals surface area (Å²) in [5.74, 6) is 0.535. The van der Waals surface area contributed by atoms with Gasteiger partial charge in [0.15, 0.2) is 0 Å². The molecule has 0 fully saturated rings. The maximum absolute atomic E-state index is 13.7. The molecule has 0 spiro atoms. The van der Waals surface area contributed by atoms with Crippen molar-refractivity contribution in [3.8, 4) is 0 Å². The molecule has 2 rings (SSSR count). The summed E-state index contributed by atoms with van der Waals surface area (Å²) < 4.78 is 13.7. The van der Waals surface area contributed by atoms with Gasteiger partial charge in [0.2, 0.25) is 0 Å². The largest absolute Gasteiger partial charge is 0.369 e. The zero-order valence-corrected chi connectivity index (χ0v) is 11.8. The summed E-state index contributed by atoms with van der Waals surface area (Å²) in [5, 5.41) is 3.17. The van der Waals surface area contributed by atoms with Gasteiger partial charge in [-0.3, -0.25) is 4.98 Å². The lowest BCUT2D eigenvalue weighted by Crippen LogP contribution is -2.18. The SMILES string of the molecule is CCCNc1cnc(CN(C)c2ccccc2F)cn1. The molecule has 0 amide bonds. The number of benzene rings is 1. The van der Waals surface area contributed by atoms with E-state index in [-0.39, 0.29) is 5.82 Å². The van der Waals surface area contributed by atoms with E-state index in [1.54, 1.807) is 24.5 Å². The first-order valence-corrected chi connectivity index (χ1v) is 6.71. The molecule has 0 unspecified atom stereocenters. The zero-order valence-electron chi connectivity index (χ0n) is 11.8. The van der Waals surface area contributed by atoms with Crippen LogP contribution in [0.3, 0.4) is 0 Å². The molecule has 2 aromatic rings. The van der Waals surface area contributed by atoms with Crippen LogP contribution in [0.1, 0.15) is 19.0 Å². The van der Waals surface area contributed by atoms with Crippen molar-refractivity contribution >= 4 is 11.5 Å². The normalized spacial score (nSPS) is 10.3. The van der Waals surface area contributed by atoms with Gasteiger partial charge in [0.1, 0.15) is 11.6 Å². The van der Waals surface area contributed by atoms with E-state index in [1.807, 2.05) is 18.0 Å². The molecule has 5 heteroatoms. The average molecular weight is 274 g/mol. The van der Waals surface area contributed by atoms with Crippen LogP contribution in [0.2, 0.25) is 0 Å². The smallest absolute Gasteiger partial charge is 0.146 e. The maximum atomic E-state index is 13.7. The number of aromatic nitrogens is 2. The van der Waals surface area contributed by atoms with E-state index in [9.17, 15) is 4.39 Å². The molecule has 1 aromatic carbocycles. The predicted octanol–water partition coefficient (Wildman–Crippen LogP) is 3.07. The minimum Gasteiger partial charge on any atom is -0.369 e. The number of hydrogen-bond donors (Lipinski definition) is 1. The van der Waals surface area contributed by atoms with Crippen molar-refractivity contribution < 1.29 is 4.39 Å². The van der Waals surface area contributed by atoms with Gasteiger partial charge in [-0.15, -0.1) is 0 Å². The number of hydrogen-bond acceptors (Lipinski definition) is 4. The quantitative estimate of drug-likeness (QED) is 0.879. The molecule has 106 valence electrons. The minimum atomic E-state index is -0.232. The van der Waals surface area contributed by atoms with Gasteiger partial charge in [0.05, 0.1) is 30.3 Å². The van der Waals surface area contributed by atoms with Gasteiger partial charge < -0.3 is 10.2 Å². The Balaban J connectivity index is 2.01. The Hall–Kier alpha value is -2.17. The van der Waals surface area contributed by atoms with Gasteiger partial charge in [0.25, 0.3) is 0 Å². The van der Waals surface area contributed by atoms with E-state index >= 15 is 0 Å². The summed E-state index contributed by atoms with van der Waals surface area (Å²) in [5.41, 5.74) is 1.36. The molecule has 0 aliphatic rings. The Morgan fingerprint density at radius 3 is 2.65 bits per heavy atom. The predicted molar refractivity (Wildman–Crippen MR) is 79.3 cm³/mol. The summed E-state index contributed by atoms with van der Waals surface area (Å²) in [7, 11) is 1.84. The fourth-order valence-corrected chi connectivity index (χ4v) is 1.87. The first-order valence-electron chi connectivity index (χ1n) is 6.71. The molecular formula is C15H19FN4. The number of rotatable bonds is 6. The maximum Gasteiger partial charge on any atom is 0.146 e. The van der Waals surface area contributed by atoms with Crippen molar-refractivity contribution in [1.82, 2.24) is 9.97 Å². The lowest BCUT2D eigenvalue weighted by molar-refractivity contribution is 0.621. The van der Waals surface area contributed by atoms with Crippen LogP contribution in [0, 0.1) is 5.82 Å². The third-order valence-corrected chi connectivity index (χ3v) is 2.92. The molecule has 20 heavy (non-hydrogen) atoms. The second kappa shape index (κ2) is 6.84. The molecule has 0 saturated carbocycles. The molecular weight excluding hydrogens is 255 g/mol. The Bertz CT molecular complexity index is 542. The molecule has 0 atom stereocenters. The highest BCUT2D eigenvalue weighted by atomic mass is 19.1. The summed E-state index contributed by atoms with van der Waals surface area (Å²) in [6.07, 6.45) is 4.47. The van der Waals surface area contributed by atoms with Crippen molar-refractivity contribution in [3.05, 3.63) is 48.2 Å². The lowest BCUT2D eigenvalue weighted by atomic mass is 10.2. The van der Waals surface area contributed by atoms with Crippen LogP contribution in [0.25, 0.3) is 0 Å². The fraction of sp³-hybridized carbons (Fsp3) is 0.333. The van der Waals surface area contributed by atoms with Crippen molar-refractivity contribution in [1.29, 1.82) is 0 Å². The Morgan fingerprint density at radius 1 is 1.20 bits per heavy atom. The van der Waals surface area contributed by atoms with E-state index in [0.29, 0.717) is 12.2 Å². The van der Waals surface area contributed by atoms with Crippen LogP contribution in [0.5, 0.6) is 0 Å². The third kappa shape index (κ3) is 3.66. The Labute approximate surface area is 118 Å². The first-order chi connectivity index (χ1) is 9.70. The first kappa shape index (κ1) is 14.2. The van der Waals surface area contributed by atoms with Crippen LogP contribution in [0.15, 0.2) is 36.7 Å². The van der Waals surface area contributed by atoms with Crippen LogP contribution in [-0.4, -0.2) is 23.6 Å². The topological polar surface area (TPSA) is 41.1 Å². The highest BCUT2D eigenvalue weighted by molar-refractivity contribution is 5.47. The third-order valence-electron chi connectivity index (χ3n) is 2.92. The van der Waals surface area contributed by atoms with E-state index in [4.69, 9.17) is 0 Å². The Kier molecular flexibility index (Phi) is 4.87. The van der Waals surface area contributed by atoms with Crippen molar-refractivity contribution in [2.45, 2.75) is 19.9 Å². The molecule has 0 saturated heterocycles. The molecule has 1 heterocycles. The summed E-state index contributed by atoms with van der Waals surface area (Å²) in [6, 6.07) is 6.70.